The van der Waals surface area contributed by atoms with Crippen LogP contribution in [0.5, 0.6) is 11.5 Å². The first-order valence-corrected chi connectivity index (χ1v) is 7.96. The normalized spacial score (nSPS) is 10.5. The van der Waals surface area contributed by atoms with Gasteiger partial charge in [0.05, 0.1) is 14.2 Å². The van der Waals surface area contributed by atoms with Crippen molar-refractivity contribution in [3.05, 3.63) is 23.8 Å². The lowest BCUT2D eigenvalue weighted by molar-refractivity contribution is 0.354. The van der Waals surface area contributed by atoms with Crippen molar-refractivity contribution < 1.29 is 9.47 Å². The summed E-state index contributed by atoms with van der Waals surface area (Å²) in [6.07, 6.45) is 2.26. The summed E-state index contributed by atoms with van der Waals surface area (Å²) in [5, 5.41) is 3.47. The Balaban J connectivity index is 2.26. The molecule has 0 bridgehead atoms. The van der Waals surface area contributed by atoms with Crippen LogP contribution >= 0.6 is 11.8 Å². The van der Waals surface area contributed by atoms with Crippen LogP contribution in [-0.2, 0) is 6.42 Å². The first-order valence-electron chi connectivity index (χ1n) is 6.81. The van der Waals surface area contributed by atoms with Crippen LogP contribution in [0.1, 0.15) is 18.9 Å². The molecule has 0 amide bonds. The van der Waals surface area contributed by atoms with Gasteiger partial charge in [0.1, 0.15) is 0 Å². The first-order chi connectivity index (χ1) is 9.31. The van der Waals surface area contributed by atoms with Crippen molar-refractivity contribution >= 4 is 11.8 Å². The number of ether oxygens (including phenoxy) is 2. The van der Waals surface area contributed by atoms with Gasteiger partial charge in [0, 0.05) is 0 Å². The summed E-state index contributed by atoms with van der Waals surface area (Å²) < 4.78 is 10.5. The van der Waals surface area contributed by atoms with Crippen molar-refractivity contribution in [3.8, 4) is 11.5 Å². The highest BCUT2D eigenvalue weighted by Gasteiger charge is 2.03. The molecule has 1 aromatic carbocycles. The Morgan fingerprint density at radius 1 is 1.11 bits per heavy atom. The fourth-order valence-corrected chi connectivity index (χ4v) is 2.47. The smallest absolute Gasteiger partial charge is 0.160 e. The van der Waals surface area contributed by atoms with Crippen molar-refractivity contribution in [2.45, 2.75) is 19.8 Å². The third kappa shape index (κ3) is 6.21. The van der Waals surface area contributed by atoms with E-state index in [-0.39, 0.29) is 0 Å². The van der Waals surface area contributed by atoms with Crippen molar-refractivity contribution in [3.63, 3.8) is 0 Å². The van der Waals surface area contributed by atoms with Gasteiger partial charge in [-0.05, 0) is 55.1 Å². The second kappa shape index (κ2) is 9.98. The molecule has 0 fully saturated rings. The Morgan fingerprint density at radius 3 is 2.58 bits per heavy atom. The van der Waals surface area contributed by atoms with Gasteiger partial charge in [-0.15, -0.1) is 0 Å². The number of rotatable bonds is 10. The molecule has 19 heavy (non-hydrogen) atoms. The summed E-state index contributed by atoms with van der Waals surface area (Å²) in [5.41, 5.74) is 1.27. The van der Waals surface area contributed by atoms with E-state index in [1.807, 2.05) is 23.9 Å². The summed E-state index contributed by atoms with van der Waals surface area (Å²) in [4.78, 5) is 0. The predicted octanol–water partition coefficient (Wildman–Crippen LogP) is 2.98. The number of benzene rings is 1. The molecule has 1 N–H and O–H groups in total. The highest BCUT2D eigenvalue weighted by Crippen LogP contribution is 2.27. The molecule has 108 valence electrons. The summed E-state index contributed by atoms with van der Waals surface area (Å²) >= 11 is 2.00. The maximum atomic E-state index is 5.30. The Hall–Kier alpha value is -0.870. The number of thioether (sulfide) groups is 1. The van der Waals surface area contributed by atoms with Crippen LogP contribution in [0, 0.1) is 0 Å². The quantitative estimate of drug-likeness (QED) is 0.669. The third-order valence-electron chi connectivity index (χ3n) is 2.88. The zero-order chi connectivity index (χ0) is 13.9. The van der Waals surface area contributed by atoms with Crippen molar-refractivity contribution in [2.24, 2.45) is 0 Å². The highest BCUT2D eigenvalue weighted by atomic mass is 32.2. The number of hydrogen-bond acceptors (Lipinski definition) is 4. The average molecular weight is 283 g/mol. The summed E-state index contributed by atoms with van der Waals surface area (Å²) in [7, 11) is 3.33. The third-order valence-corrected chi connectivity index (χ3v) is 3.87. The molecule has 0 aliphatic carbocycles. The molecular weight excluding hydrogens is 258 g/mol. The molecule has 0 saturated heterocycles. The molecule has 0 heterocycles. The number of methoxy groups -OCH3 is 2. The van der Waals surface area contributed by atoms with E-state index in [0.717, 1.165) is 31.0 Å². The Kier molecular flexibility index (Phi) is 8.50. The van der Waals surface area contributed by atoms with E-state index in [2.05, 4.69) is 18.3 Å². The molecule has 0 saturated carbocycles. The van der Waals surface area contributed by atoms with Crippen LogP contribution in [0.25, 0.3) is 0 Å². The van der Waals surface area contributed by atoms with Crippen LogP contribution in [0.4, 0.5) is 0 Å². The van der Waals surface area contributed by atoms with Gasteiger partial charge in [-0.25, -0.2) is 0 Å². The van der Waals surface area contributed by atoms with Crippen LogP contribution < -0.4 is 14.8 Å². The van der Waals surface area contributed by atoms with Crippen molar-refractivity contribution in [1.82, 2.24) is 5.32 Å². The van der Waals surface area contributed by atoms with Gasteiger partial charge in [-0.3, -0.25) is 0 Å². The topological polar surface area (TPSA) is 30.5 Å². The van der Waals surface area contributed by atoms with E-state index in [4.69, 9.17) is 9.47 Å². The van der Waals surface area contributed by atoms with Crippen LogP contribution in [0.3, 0.4) is 0 Å². The molecule has 0 unspecified atom stereocenters. The number of hydrogen-bond donors (Lipinski definition) is 1. The largest absolute Gasteiger partial charge is 0.493 e. The molecule has 0 aliphatic heterocycles. The second-order valence-electron chi connectivity index (χ2n) is 4.24. The standard InChI is InChI=1S/C15H25NO2S/c1-4-19-11-5-9-16-10-8-13-6-7-14(17-2)15(12-13)18-3/h6-7,12,16H,4-5,8-11H2,1-3H3. The van der Waals surface area contributed by atoms with Gasteiger partial charge in [0.25, 0.3) is 0 Å². The maximum Gasteiger partial charge on any atom is 0.160 e. The minimum atomic E-state index is 0.788. The Morgan fingerprint density at radius 2 is 1.89 bits per heavy atom. The summed E-state index contributed by atoms with van der Waals surface area (Å²) in [6, 6.07) is 6.11. The van der Waals surface area contributed by atoms with E-state index >= 15 is 0 Å². The maximum absolute atomic E-state index is 5.30. The monoisotopic (exact) mass is 283 g/mol. The average Bonchev–Trinajstić information content (AvgIpc) is 2.46. The van der Waals surface area contributed by atoms with E-state index in [1.54, 1.807) is 14.2 Å². The molecule has 3 nitrogen and oxygen atoms in total. The van der Waals surface area contributed by atoms with Gasteiger partial charge < -0.3 is 14.8 Å². The lowest BCUT2D eigenvalue weighted by Crippen LogP contribution is -2.19. The van der Waals surface area contributed by atoms with Crippen LogP contribution in [-0.4, -0.2) is 38.8 Å². The fourth-order valence-electron chi connectivity index (χ4n) is 1.84. The minimum Gasteiger partial charge on any atom is -0.493 e. The number of nitrogens with one attached hydrogen (secondary N) is 1. The van der Waals surface area contributed by atoms with Gasteiger partial charge in [-0.2, -0.15) is 11.8 Å². The van der Waals surface area contributed by atoms with Crippen molar-refractivity contribution in [1.29, 1.82) is 0 Å². The van der Waals surface area contributed by atoms with Crippen LogP contribution in [0.15, 0.2) is 18.2 Å². The van der Waals surface area contributed by atoms with Gasteiger partial charge in [0.2, 0.25) is 0 Å². The fraction of sp³-hybridized carbons (Fsp3) is 0.600. The van der Waals surface area contributed by atoms with Crippen molar-refractivity contribution in [2.75, 3.05) is 38.8 Å². The molecule has 0 radical (unpaired) electrons. The van der Waals surface area contributed by atoms with E-state index in [1.165, 1.54) is 23.5 Å². The summed E-state index contributed by atoms with van der Waals surface area (Å²) in [5.74, 6) is 4.06. The first kappa shape index (κ1) is 16.2. The Labute approximate surface area is 121 Å². The highest BCUT2D eigenvalue weighted by molar-refractivity contribution is 7.99. The SMILES string of the molecule is CCSCCCNCCc1ccc(OC)c(OC)c1. The van der Waals surface area contributed by atoms with Crippen LogP contribution in [0.2, 0.25) is 0 Å². The molecule has 1 aromatic rings. The molecule has 0 atom stereocenters. The zero-order valence-corrected chi connectivity index (χ0v) is 13.0. The molecule has 4 heteroatoms. The molecular formula is C15H25NO2S. The van der Waals surface area contributed by atoms with E-state index < -0.39 is 0 Å². The Bertz CT molecular complexity index is 358. The second-order valence-corrected chi connectivity index (χ2v) is 5.63. The lowest BCUT2D eigenvalue weighted by atomic mass is 10.1. The molecule has 1 rings (SSSR count). The van der Waals surface area contributed by atoms with Gasteiger partial charge in [0.15, 0.2) is 11.5 Å². The lowest BCUT2D eigenvalue weighted by Gasteiger charge is -2.10. The molecule has 0 aromatic heterocycles. The van der Waals surface area contributed by atoms with Gasteiger partial charge in [-0.1, -0.05) is 13.0 Å². The van der Waals surface area contributed by atoms with E-state index in [0.29, 0.717) is 0 Å². The van der Waals surface area contributed by atoms with Gasteiger partial charge >= 0.3 is 0 Å². The van der Waals surface area contributed by atoms with E-state index in [9.17, 15) is 0 Å². The molecule has 0 spiro atoms. The summed E-state index contributed by atoms with van der Waals surface area (Å²) in [6.45, 7) is 4.31. The molecule has 0 aliphatic rings. The minimum absolute atomic E-state index is 0.788. The zero-order valence-electron chi connectivity index (χ0n) is 12.2. The predicted molar refractivity (Wildman–Crippen MR) is 83.7 cm³/mol.